The van der Waals surface area contributed by atoms with Crippen molar-refractivity contribution in [3.63, 3.8) is 0 Å². The molecule has 0 fully saturated rings. The van der Waals surface area contributed by atoms with Crippen molar-refractivity contribution < 1.29 is 14.6 Å². The number of rotatable bonds is 7. The number of aliphatic carboxylic acids is 1. The lowest BCUT2D eigenvalue weighted by molar-refractivity contribution is -0.140. The Kier molecular flexibility index (Phi) is 6.60. The number of thioether (sulfide) groups is 1. The van der Waals surface area contributed by atoms with E-state index in [0.29, 0.717) is 46.0 Å². The molecular formula is C23H19Cl2NO4S. The average Bonchev–Trinajstić information content (AvgIpc) is 3.19. The van der Waals surface area contributed by atoms with Crippen molar-refractivity contribution in [3.8, 4) is 16.9 Å². The third-order valence-corrected chi connectivity index (χ3v) is 6.76. The first kappa shape index (κ1) is 21.8. The number of nitrogens with zero attached hydrogens (tertiary/aromatic N) is 1. The molecule has 0 saturated carbocycles. The lowest BCUT2D eigenvalue weighted by Crippen LogP contribution is -2.29. The molecule has 0 unspecified atom stereocenters. The fourth-order valence-corrected chi connectivity index (χ4v) is 5.47. The molecule has 2 heterocycles. The van der Waals surface area contributed by atoms with Gasteiger partial charge in [-0.1, -0.05) is 53.5 Å². The summed E-state index contributed by atoms with van der Waals surface area (Å²) in [5.41, 5.74) is 2.47. The summed E-state index contributed by atoms with van der Waals surface area (Å²) >= 11 is 13.5. The Morgan fingerprint density at radius 1 is 1.16 bits per heavy atom. The van der Waals surface area contributed by atoms with Gasteiger partial charge in [0.15, 0.2) is 0 Å². The zero-order valence-corrected chi connectivity index (χ0v) is 18.7. The Labute approximate surface area is 193 Å². The summed E-state index contributed by atoms with van der Waals surface area (Å²) in [5.74, 6) is -0.0944. The van der Waals surface area contributed by atoms with Crippen molar-refractivity contribution >= 4 is 40.9 Å². The summed E-state index contributed by atoms with van der Waals surface area (Å²) in [4.78, 5) is 24.4. The molecule has 1 aromatic heterocycles. The van der Waals surface area contributed by atoms with E-state index >= 15 is 0 Å². The number of benzene rings is 2. The molecule has 0 radical (unpaired) electrons. The van der Waals surface area contributed by atoms with Gasteiger partial charge in [0, 0.05) is 22.4 Å². The normalized spacial score (nSPS) is 15.0. The molecule has 2 aromatic carbocycles. The predicted octanol–water partition coefficient (Wildman–Crippen LogP) is 5.57. The number of carbonyl (C=O) groups is 1. The van der Waals surface area contributed by atoms with E-state index in [1.807, 2.05) is 30.3 Å². The van der Waals surface area contributed by atoms with E-state index in [1.54, 1.807) is 24.3 Å². The van der Waals surface area contributed by atoms with E-state index in [4.69, 9.17) is 27.9 Å². The van der Waals surface area contributed by atoms with Crippen molar-refractivity contribution in [2.75, 3.05) is 12.4 Å². The molecule has 8 heteroatoms. The maximum atomic E-state index is 12.8. The molecular weight excluding hydrogens is 457 g/mol. The Balaban J connectivity index is 1.61. The molecule has 1 N–H and O–H groups in total. The van der Waals surface area contributed by atoms with Crippen molar-refractivity contribution in [2.45, 2.75) is 23.9 Å². The number of carboxylic acids is 1. The minimum absolute atomic E-state index is 0.288. The van der Waals surface area contributed by atoms with Crippen LogP contribution >= 0.6 is 35.0 Å². The van der Waals surface area contributed by atoms with E-state index < -0.39 is 12.0 Å². The Hall–Kier alpha value is -2.41. The van der Waals surface area contributed by atoms with Gasteiger partial charge in [-0.3, -0.25) is 9.36 Å². The van der Waals surface area contributed by atoms with Gasteiger partial charge in [-0.25, -0.2) is 4.79 Å². The van der Waals surface area contributed by atoms with Gasteiger partial charge in [0.1, 0.15) is 11.8 Å². The number of aryl methyl sites for hydroxylation is 1. The average molecular weight is 476 g/mol. The topological polar surface area (TPSA) is 68.5 Å². The number of aromatic nitrogens is 1. The lowest BCUT2D eigenvalue weighted by atomic mass is 9.98. The monoisotopic (exact) mass is 475 g/mol. The largest absolute Gasteiger partial charge is 0.492 e. The smallest absolute Gasteiger partial charge is 0.327 e. The van der Waals surface area contributed by atoms with Crippen molar-refractivity contribution in [3.05, 3.63) is 80.6 Å². The van der Waals surface area contributed by atoms with E-state index in [-0.39, 0.29) is 5.56 Å². The van der Waals surface area contributed by atoms with Crippen LogP contribution in [0.15, 0.2) is 64.4 Å². The van der Waals surface area contributed by atoms with Gasteiger partial charge in [0.05, 0.1) is 16.7 Å². The summed E-state index contributed by atoms with van der Waals surface area (Å²) < 4.78 is 7.18. The highest BCUT2D eigenvalue weighted by molar-refractivity contribution is 7.99. The van der Waals surface area contributed by atoms with Gasteiger partial charge >= 0.3 is 5.97 Å². The van der Waals surface area contributed by atoms with Crippen molar-refractivity contribution in [1.29, 1.82) is 0 Å². The second kappa shape index (κ2) is 9.39. The van der Waals surface area contributed by atoms with Crippen LogP contribution in [-0.4, -0.2) is 28.0 Å². The van der Waals surface area contributed by atoms with E-state index in [2.05, 4.69) is 0 Å². The highest BCUT2D eigenvalue weighted by Gasteiger charge is 2.32. The van der Waals surface area contributed by atoms with Gasteiger partial charge in [-0.15, -0.1) is 11.8 Å². The predicted molar refractivity (Wildman–Crippen MR) is 124 cm³/mol. The minimum Gasteiger partial charge on any atom is -0.492 e. The molecule has 1 atom stereocenters. The molecule has 3 aromatic rings. The molecule has 0 aliphatic carbocycles. The highest BCUT2D eigenvalue weighted by atomic mass is 35.5. The maximum Gasteiger partial charge on any atom is 0.327 e. The summed E-state index contributed by atoms with van der Waals surface area (Å²) in [6.07, 6.45) is 1.27. The Morgan fingerprint density at radius 2 is 1.94 bits per heavy atom. The van der Waals surface area contributed by atoms with Gasteiger partial charge in [0.25, 0.3) is 5.56 Å². The third kappa shape index (κ3) is 4.61. The van der Waals surface area contributed by atoms with Gasteiger partial charge in [0.2, 0.25) is 0 Å². The first-order valence-electron chi connectivity index (χ1n) is 9.73. The lowest BCUT2D eigenvalue weighted by Gasteiger charge is -2.17. The van der Waals surface area contributed by atoms with Crippen LogP contribution in [0.3, 0.4) is 0 Å². The van der Waals surface area contributed by atoms with Crippen LogP contribution in [0.2, 0.25) is 10.0 Å². The first-order chi connectivity index (χ1) is 15.0. The molecule has 0 spiro atoms. The number of halogens is 2. The molecule has 1 aliphatic rings. The Bertz CT molecular complexity index is 1180. The number of hydrogen-bond donors (Lipinski definition) is 1. The third-order valence-electron chi connectivity index (χ3n) is 5.07. The first-order valence-corrected chi connectivity index (χ1v) is 11.5. The van der Waals surface area contributed by atoms with Gasteiger partial charge < -0.3 is 9.84 Å². The number of pyridine rings is 1. The molecule has 4 rings (SSSR count). The van der Waals surface area contributed by atoms with Crippen LogP contribution < -0.4 is 10.3 Å². The summed E-state index contributed by atoms with van der Waals surface area (Å²) in [7, 11) is 0. The molecule has 0 saturated heterocycles. The van der Waals surface area contributed by atoms with Crippen molar-refractivity contribution in [1.82, 2.24) is 4.57 Å². The fourth-order valence-electron chi connectivity index (χ4n) is 3.65. The SMILES string of the molecule is O=C(O)[C@@H]1CSc2c(-c3ccccc3)c(CCCOc3ccc(Cl)cc3Cl)cc(=O)n21. The molecule has 31 heavy (non-hydrogen) atoms. The van der Waals surface area contributed by atoms with E-state index in [1.165, 1.54) is 16.3 Å². The summed E-state index contributed by atoms with van der Waals surface area (Å²) in [6, 6.07) is 15.5. The van der Waals surface area contributed by atoms with Crippen LogP contribution in [0.1, 0.15) is 18.0 Å². The molecule has 160 valence electrons. The van der Waals surface area contributed by atoms with Crippen LogP contribution in [-0.2, 0) is 11.2 Å². The van der Waals surface area contributed by atoms with Crippen LogP contribution in [0.5, 0.6) is 5.75 Å². The van der Waals surface area contributed by atoms with E-state index in [9.17, 15) is 14.7 Å². The van der Waals surface area contributed by atoms with Crippen molar-refractivity contribution in [2.24, 2.45) is 0 Å². The summed E-state index contributed by atoms with van der Waals surface area (Å²) in [5, 5.41) is 11.2. The van der Waals surface area contributed by atoms with Crippen LogP contribution in [0.25, 0.3) is 11.1 Å². The second-order valence-corrected chi connectivity index (χ2v) is 8.97. The van der Waals surface area contributed by atoms with Crippen LogP contribution in [0, 0.1) is 0 Å². The highest BCUT2D eigenvalue weighted by Crippen LogP contribution is 2.41. The second-order valence-electron chi connectivity index (χ2n) is 7.12. The molecule has 5 nitrogen and oxygen atoms in total. The Morgan fingerprint density at radius 3 is 2.65 bits per heavy atom. The molecule has 1 aliphatic heterocycles. The zero-order valence-electron chi connectivity index (χ0n) is 16.4. The maximum absolute atomic E-state index is 12.8. The number of hydrogen-bond acceptors (Lipinski definition) is 4. The standard InChI is InChI=1S/C23H19Cl2NO4S/c24-16-8-9-19(17(25)12-16)30-10-4-7-15-11-20(27)26-18(23(28)29)13-31-22(26)21(15)14-5-2-1-3-6-14/h1-3,5-6,8-9,11-12,18H,4,7,10,13H2,(H,28,29)/t18-/m0/s1. The van der Waals surface area contributed by atoms with Gasteiger partial charge in [-0.05, 0) is 42.2 Å². The van der Waals surface area contributed by atoms with E-state index in [0.717, 1.165) is 16.7 Å². The number of carboxylic acid groups (broad SMARTS) is 1. The zero-order chi connectivity index (χ0) is 22.0. The van der Waals surface area contributed by atoms with Crippen LogP contribution in [0.4, 0.5) is 0 Å². The number of ether oxygens (including phenoxy) is 1. The molecule has 0 bridgehead atoms. The molecule has 0 amide bonds. The minimum atomic E-state index is -0.992. The quantitative estimate of drug-likeness (QED) is 0.452. The fraction of sp³-hybridized carbons (Fsp3) is 0.217. The number of fused-ring (bicyclic) bond motifs is 1. The van der Waals surface area contributed by atoms with Gasteiger partial charge in [-0.2, -0.15) is 0 Å². The summed E-state index contributed by atoms with van der Waals surface area (Å²) in [6.45, 7) is 0.416.